The molecule has 0 aliphatic carbocycles. The van der Waals surface area contributed by atoms with Gasteiger partial charge in [-0.2, -0.15) is 0 Å². The largest absolute Gasteiger partial charge is 0.482 e. The summed E-state index contributed by atoms with van der Waals surface area (Å²) in [5, 5.41) is 3.22. The molecule has 0 saturated carbocycles. The average molecular weight is 417 g/mol. The van der Waals surface area contributed by atoms with Crippen LogP contribution in [0.3, 0.4) is 0 Å². The summed E-state index contributed by atoms with van der Waals surface area (Å²) >= 11 is 17.7. The van der Waals surface area contributed by atoms with Crippen molar-refractivity contribution in [2.45, 2.75) is 13.8 Å². The van der Waals surface area contributed by atoms with Crippen LogP contribution < -0.4 is 10.1 Å². The average Bonchev–Trinajstić information content (AvgIpc) is 2.55. The molecule has 26 heavy (non-hydrogen) atoms. The van der Waals surface area contributed by atoms with E-state index in [1.165, 1.54) is 12.1 Å². The Labute approximate surface area is 166 Å². The Kier molecular flexibility index (Phi) is 7.14. The number of nitrogens with one attached hydrogen (secondary N) is 1. The van der Waals surface area contributed by atoms with Crippen molar-refractivity contribution >= 4 is 52.4 Å². The first kappa shape index (κ1) is 20.4. The molecule has 0 aromatic heterocycles. The molecule has 5 nitrogen and oxygen atoms in total. The number of anilines is 1. The highest BCUT2D eigenvalue weighted by Crippen LogP contribution is 2.32. The molecule has 0 saturated heterocycles. The lowest BCUT2D eigenvalue weighted by atomic mass is 10.1. The van der Waals surface area contributed by atoms with E-state index in [4.69, 9.17) is 44.3 Å². The summed E-state index contributed by atoms with van der Waals surface area (Å²) in [5.74, 6) is -0.670. The highest BCUT2D eigenvalue weighted by atomic mass is 35.5. The Balaban J connectivity index is 1.81. The van der Waals surface area contributed by atoms with Crippen molar-refractivity contribution in [1.29, 1.82) is 0 Å². The molecule has 0 heterocycles. The second kappa shape index (κ2) is 9.12. The number of hydrogen-bond donors (Lipinski definition) is 1. The minimum atomic E-state index is -0.667. The van der Waals surface area contributed by atoms with Gasteiger partial charge in [-0.05, 0) is 49.2 Å². The van der Waals surface area contributed by atoms with Gasteiger partial charge in [0, 0.05) is 0 Å². The third-order valence-corrected chi connectivity index (χ3v) is 4.24. The van der Waals surface area contributed by atoms with Gasteiger partial charge in [0.05, 0.1) is 20.8 Å². The summed E-state index contributed by atoms with van der Waals surface area (Å²) in [5.41, 5.74) is 2.31. The fraction of sp³-hybridized carbons (Fsp3) is 0.222. The minimum absolute atomic E-state index is 0.220. The Bertz CT molecular complexity index is 819. The summed E-state index contributed by atoms with van der Waals surface area (Å²) in [6.07, 6.45) is 0. The van der Waals surface area contributed by atoms with Crippen LogP contribution in [0.25, 0.3) is 0 Å². The van der Waals surface area contributed by atoms with E-state index in [-0.39, 0.29) is 27.4 Å². The third-order valence-electron chi connectivity index (χ3n) is 3.20. The second-order valence-electron chi connectivity index (χ2n) is 5.57. The van der Waals surface area contributed by atoms with Crippen molar-refractivity contribution in [3.63, 3.8) is 0 Å². The Morgan fingerprint density at radius 1 is 0.885 bits per heavy atom. The van der Waals surface area contributed by atoms with Crippen LogP contribution in [0, 0.1) is 13.8 Å². The predicted molar refractivity (Wildman–Crippen MR) is 102 cm³/mol. The number of aryl methyl sites for hydroxylation is 2. The summed E-state index contributed by atoms with van der Waals surface area (Å²) < 4.78 is 10.2. The van der Waals surface area contributed by atoms with Gasteiger partial charge < -0.3 is 14.8 Å². The number of benzene rings is 2. The standard InChI is InChI=1S/C18H16Cl3NO4/c1-10-3-11(2)5-12(4-10)25-9-18(24)26-8-17(23)22-16-7-14(20)13(19)6-15(16)21/h3-7H,8-9H2,1-2H3,(H,22,23). The zero-order valence-electron chi connectivity index (χ0n) is 14.1. The summed E-state index contributed by atoms with van der Waals surface area (Å²) in [6, 6.07) is 8.42. The van der Waals surface area contributed by atoms with Gasteiger partial charge in [0.25, 0.3) is 5.91 Å². The number of esters is 1. The first-order chi connectivity index (χ1) is 12.2. The van der Waals surface area contributed by atoms with Crippen molar-refractivity contribution in [2.75, 3.05) is 18.5 Å². The molecular weight excluding hydrogens is 401 g/mol. The van der Waals surface area contributed by atoms with Crippen molar-refractivity contribution < 1.29 is 19.1 Å². The van der Waals surface area contributed by atoms with Crippen LogP contribution >= 0.6 is 34.8 Å². The van der Waals surface area contributed by atoms with Crippen molar-refractivity contribution in [3.8, 4) is 5.75 Å². The van der Waals surface area contributed by atoms with Crippen LogP contribution in [-0.2, 0) is 14.3 Å². The minimum Gasteiger partial charge on any atom is -0.482 e. The molecule has 2 rings (SSSR count). The predicted octanol–water partition coefficient (Wildman–Crippen LogP) is 4.82. The third kappa shape index (κ3) is 6.09. The smallest absolute Gasteiger partial charge is 0.344 e. The monoisotopic (exact) mass is 415 g/mol. The molecule has 8 heteroatoms. The van der Waals surface area contributed by atoms with E-state index in [1.807, 2.05) is 19.9 Å². The molecule has 0 atom stereocenters. The number of rotatable bonds is 6. The van der Waals surface area contributed by atoms with Crippen LogP contribution in [0.4, 0.5) is 5.69 Å². The van der Waals surface area contributed by atoms with E-state index in [9.17, 15) is 9.59 Å². The molecule has 1 amide bonds. The van der Waals surface area contributed by atoms with Crippen LogP contribution in [0.2, 0.25) is 15.1 Å². The van der Waals surface area contributed by atoms with Crippen molar-refractivity contribution in [1.82, 2.24) is 0 Å². The summed E-state index contributed by atoms with van der Waals surface area (Å²) in [6.45, 7) is 3.07. The zero-order chi connectivity index (χ0) is 19.3. The van der Waals surface area contributed by atoms with Gasteiger partial charge in [-0.1, -0.05) is 40.9 Å². The molecule has 0 bridgehead atoms. The zero-order valence-corrected chi connectivity index (χ0v) is 16.3. The lowest BCUT2D eigenvalue weighted by Crippen LogP contribution is -2.23. The molecule has 2 aromatic carbocycles. The molecular formula is C18H16Cl3NO4. The number of amides is 1. The van der Waals surface area contributed by atoms with Gasteiger partial charge in [-0.25, -0.2) is 4.79 Å². The van der Waals surface area contributed by atoms with Crippen LogP contribution in [0.15, 0.2) is 30.3 Å². The molecule has 0 fully saturated rings. The van der Waals surface area contributed by atoms with Gasteiger partial charge in [-0.15, -0.1) is 0 Å². The maximum absolute atomic E-state index is 11.9. The fourth-order valence-corrected chi connectivity index (χ4v) is 2.74. The number of halogens is 3. The van der Waals surface area contributed by atoms with E-state index in [2.05, 4.69) is 5.32 Å². The Morgan fingerprint density at radius 2 is 1.50 bits per heavy atom. The number of carbonyl (C=O) groups excluding carboxylic acids is 2. The van der Waals surface area contributed by atoms with Crippen molar-refractivity contribution in [3.05, 3.63) is 56.5 Å². The SMILES string of the molecule is Cc1cc(C)cc(OCC(=O)OCC(=O)Nc2cc(Cl)c(Cl)cc2Cl)c1. The molecule has 0 radical (unpaired) electrons. The molecule has 0 unspecified atom stereocenters. The molecule has 2 aromatic rings. The number of hydrogen-bond acceptors (Lipinski definition) is 4. The van der Waals surface area contributed by atoms with E-state index < -0.39 is 18.5 Å². The maximum atomic E-state index is 11.9. The maximum Gasteiger partial charge on any atom is 0.344 e. The number of ether oxygens (including phenoxy) is 2. The number of carbonyl (C=O) groups is 2. The van der Waals surface area contributed by atoms with E-state index in [0.717, 1.165) is 11.1 Å². The molecule has 0 spiro atoms. The highest BCUT2D eigenvalue weighted by Gasteiger charge is 2.12. The molecule has 0 aliphatic rings. The van der Waals surface area contributed by atoms with Gasteiger partial charge in [0.1, 0.15) is 5.75 Å². The van der Waals surface area contributed by atoms with Crippen LogP contribution in [0.1, 0.15) is 11.1 Å². The Morgan fingerprint density at radius 3 is 2.15 bits per heavy atom. The van der Waals surface area contributed by atoms with Crippen LogP contribution in [-0.4, -0.2) is 25.1 Å². The van der Waals surface area contributed by atoms with Gasteiger partial charge in [-0.3, -0.25) is 4.79 Å². The molecule has 1 N–H and O–H groups in total. The normalized spacial score (nSPS) is 10.3. The topological polar surface area (TPSA) is 64.6 Å². The quantitative estimate of drug-likeness (QED) is 0.541. The van der Waals surface area contributed by atoms with Crippen molar-refractivity contribution in [2.24, 2.45) is 0 Å². The van der Waals surface area contributed by atoms with E-state index in [1.54, 1.807) is 12.1 Å². The summed E-state index contributed by atoms with van der Waals surface area (Å²) in [7, 11) is 0. The van der Waals surface area contributed by atoms with E-state index >= 15 is 0 Å². The summed E-state index contributed by atoms with van der Waals surface area (Å²) in [4.78, 5) is 23.6. The lowest BCUT2D eigenvalue weighted by molar-refractivity contribution is -0.149. The highest BCUT2D eigenvalue weighted by molar-refractivity contribution is 6.44. The first-order valence-corrected chi connectivity index (χ1v) is 8.69. The van der Waals surface area contributed by atoms with Gasteiger partial charge in [0.2, 0.25) is 0 Å². The van der Waals surface area contributed by atoms with Gasteiger partial charge >= 0.3 is 5.97 Å². The molecule has 0 aliphatic heterocycles. The van der Waals surface area contributed by atoms with E-state index in [0.29, 0.717) is 5.75 Å². The fourth-order valence-electron chi connectivity index (χ4n) is 2.15. The van der Waals surface area contributed by atoms with Gasteiger partial charge in [0.15, 0.2) is 13.2 Å². The first-order valence-electron chi connectivity index (χ1n) is 7.55. The molecule has 138 valence electrons. The Hall–Kier alpha value is -1.95. The van der Waals surface area contributed by atoms with Crippen LogP contribution in [0.5, 0.6) is 5.75 Å². The second-order valence-corrected chi connectivity index (χ2v) is 6.79. The lowest BCUT2D eigenvalue weighted by Gasteiger charge is -2.10.